The van der Waals surface area contributed by atoms with E-state index >= 15 is 0 Å². The molecule has 32 heavy (non-hydrogen) atoms. The molecule has 0 bridgehead atoms. The lowest BCUT2D eigenvalue weighted by Gasteiger charge is -2.36. The maximum atomic E-state index is 13.6. The van der Waals surface area contributed by atoms with E-state index in [1.807, 2.05) is 32.9 Å². The number of fused-ring (bicyclic) bond motifs is 1. The number of amides is 1. The van der Waals surface area contributed by atoms with Gasteiger partial charge in [-0.15, -0.1) is 0 Å². The average molecular weight is 471 g/mol. The fraction of sp³-hybridized carbons (Fsp3) is 0.500. The van der Waals surface area contributed by atoms with Gasteiger partial charge >= 0.3 is 0 Å². The van der Waals surface area contributed by atoms with Gasteiger partial charge in [-0.2, -0.15) is 0 Å². The summed E-state index contributed by atoms with van der Waals surface area (Å²) in [5.41, 5.74) is 1.89. The molecule has 0 N–H and O–H groups in total. The largest absolute Gasteiger partial charge is 0.355 e. The highest BCUT2D eigenvalue weighted by atomic mass is 32.2. The van der Waals surface area contributed by atoms with Crippen molar-refractivity contribution in [3.05, 3.63) is 44.7 Å². The summed E-state index contributed by atoms with van der Waals surface area (Å²) in [4.78, 5) is 36.0. The molecule has 2 aliphatic heterocycles. The third-order valence-electron chi connectivity index (χ3n) is 6.28. The number of pyridine rings is 1. The zero-order valence-corrected chi connectivity index (χ0v) is 20.9. The van der Waals surface area contributed by atoms with Crippen molar-refractivity contribution in [2.75, 3.05) is 18.0 Å². The molecule has 170 valence electrons. The van der Waals surface area contributed by atoms with Crippen LogP contribution in [0.1, 0.15) is 51.7 Å². The zero-order valence-electron chi connectivity index (χ0n) is 19.3. The van der Waals surface area contributed by atoms with Crippen molar-refractivity contribution in [2.24, 2.45) is 11.8 Å². The summed E-state index contributed by atoms with van der Waals surface area (Å²) in [6.07, 6.45) is 5.49. The monoisotopic (exact) mass is 470 g/mol. The van der Waals surface area contributed by atoms with E-state index in [4.69, 9.17) is 17.2 Å². The van der Waals surface area contributed by atoms with Crippen molar-refractivity contribution in [2.45, 2.75) is 53.5 Å². The van der Waals surface area contributed by atoms with Crippen molar-refractivity contribution in [1.29, 1.82) is 0 Å². The quantitative estimate of drug-likeness (QED) is 0.485. The predicted molar refractivity (Wildman–Crippen MR) is 136 cm³/mol. The van der Waals surface area contributed by atoms with Crippen molar-refractivity contribution in [3.8, 4) is 0 Å². The lowest BCUT2D eigenvalue weighted by molar-refractivity contribution is -0.123. The zero-order chi connectivity index (χ0) is 23.2. The van der Waals surface area contributed by atoms with Crippen LogP contribution in [-0.4, -0.2) is 43.6 Å². The first-order chi connectivity index (χ1) is 15.2. The number of thiocarbonyl (C=S) groups is 1. The first-order valence-corrected chi connectivity index (χ1v) is 12.5. The maximum absolute atomic E-state index is 13.6. The minimum absolute atomic E-state index is 0.0233. The van der Waals surface area contributed by atoms with Gasteiger partial charge in [0, 0.05) is 25.3 Å². The maximum Gasteiger partial charge on any atom is 0.267 e. The molecule has 0 radical (unpaired) electrons. The number of carbonyl (C=O) groups is 1. The highest BCUT2D eigenvalue weighted by Gasteiger charge is 2.35. The summed E-state index contributed by atoms with van der Waals surface area (Å²) in [5.74, 6) is 1.54. The fourth-order valence-corrected chi connectivity index (χ4v) is 6.07. The molecule has 4 heterocycles. The molecule has 3 atom stereocenters. The van der Waals surface area contributed by atoms with Crippen molar-refractivity contribution < 1.29 is 4.79 Å². The third-order valence-corrected chi connectivity index (χ3v) is 7.61. The number of rotatable bonds is 4. The normalized spacial score (nSPS) is 24.1. The van der Waals surface area contributed by atoms with Crippen LogP contribution in [0.5, 0.6) is 0 Å². The Bertz CT molecular complexity index is 1160. The molecule has 2 fully saturated rings. The van der Waals surface area contributed by atoms with Gasteiger partial charge in [-0.25, -0.2) is 4.98 Å². The Hall–Kier alpha value is -2.19. The number of thioether (sulfide) groups is 1. The Morgan fingerprint density at radius 2 is 1.94 bits per heavy atom. The van der Waals surface area contributed by atoms with Crippen LogP contribution in [0.15, 0.2) is 28.0 Å². The van der Waals surface area contributed by atoms with Gasteiger partial charge in [0.15, 0.2) is 0 Å². The molecule has 0 saturated carbocycles. The molecule has 8 heteroatoms. The SMILES string of the molecule is CC[C@H](C)N1C(=O)/C(=C/c2c(N3C[C@@H](C)C[C@H](C)C3)nc3ccc(C)cn3c2=O)SC1=S. The highest BCUT2D eigenvalue weighted by Crippen LogP contribution is 2.36. The Kier molecular flexibility index (Phi) is 6.45. The summed E-state index contributed by atoms with van der Waals surface area (Å²) < 4.78 is 2.12. The number of aryl methyl sites for hydroxylation is 1. The number of anilines is 1. The van der Waals surface area contributed by atoms with E-state index in [1.165, 1.54) is 11.8 Å². The van der Waals surface area contributed by atoms with E-state index in [0.717, 1.165) is 31.5 Å². The van der Waals surface area contributed by atoms with E-state index in [1.54, 1.807) is 21.6 Å². The number of piperidine rings is 1. The van der Waals surface area contributed by atoms with Gasteiger partial charge in [-0.1, -0.05) is 50.8 Å². The summed E-state index contributed by atoms with van der Waals surface area (Å²) >= 11 is 6.76. The van der Waals surface area contributed by atoms with Gasteiger partial charge < -0.3 is 4.90 Å². The topological polar surface area (TPSA) is 57.9 Å². The molecular weight excluding hydrogens is 440 g/mol. The molecule has 4 rings (SSSR count). The smallest absolute Gasteiger partial charge is 0.267 e. The van der Waals surface area contributed by atoms with Gasteiger partial charge in [0.05, 0.1) is 10.5 Å². The molecular formula is C24H30N4O2S2. The molecule has 2 aromatic rings. The summed E-state index contributed by atoms with van der Waals surface area (Å²) in [5, 5.41) is 0. The second-order valence-electron chi connectivity index (χ2n) is 9.25. The number of hydrogen-bond acceptors (Lipinski definition) is 6. The lowest BCUT2D eigenvalue weighted by Crippen LogP contribution is -2.40. The Labute approximate surface area is 198 Å². The molecule has 0 aliphatic carbocycles. The van der Waals surface area contributed by atoms with Gasteiger partial charge in [0.25, 0.3) is 11.5 Å². The van der Waals surface area contributed by atoms with E-state index < -0.39 is 0 Å². The highest BCUT2D eigenvalue weighted by molar-refractivity contribution is 8.26. The lowest BCUT2D eigenvalue weighted by atomic mass is 9.91. The Morgan fingerprint density at radius 1 is 1.25 bits per heavy atom. The predicted octanol–water partition coefficient (Wildman–Crippen LogP) is 4.48. The van der Waals surface area contributed by atoms with E-state index in [2.05, 4.69) is 18.7 Å². The standard InChI is InChI=1S/C24H30N4O2S2/c1-6-17(5)28-23(30)19(32-24(28)31)10-18-21(26-11-15(3)9-16(4)12-26)25-20-8-7-14(2)13-27(20)22(18)29/h7-8,10,13,15-17H,6,9,11-12H2,1-5H3/b19-10-/t15-,16-,17-/m0/s1. The van der Waals surface area contributed by atoms with E-state index in [9.17, 15) is 9.59 Å². The van der Waals surface area contributed by atoms with Crippen LogP contribution in [0.2, 0.25) is 0 Å². The van der Waals surface area contributed by atoms with Gasteiger partial charge in [0.1, 0.15) is 15.8 Å². The molecule has 1 amide bonds. The summed E-state index contributed by atoms with van der Waals surface area (Å²) in [7, 11) is 0. The van der Waals surface area contributed by atoms with Gasteiger partial charge in [0.2, 0.25) is 0 Å². The van der Waals surface area contributed by atoms with Gasteiger partial charge in [-0.3, -0.25) is 18.9 Å². The van der Waals surface area contributed by atoms with Crippen LogP contribution in [-0.2, 0) is 4.79 Å². The Morgan fingerprint density at radius 3 is 2.59 bits per heavy atom. The van der Waals surface area contributed by atoms with Crippen LogP contribution in [0.4, 0.5) is 5.82 Å². The second-order valence-corrected chi connectivity index (χ2v) is 10.9. The summed E-state index contributed by atoms with van der Waals surface area (Å²) in [6.45, 7) is 12.1. The van der Waals surface area contributed by atoms with Crippen LogP contribution < -0.4 is 10.5 Å². The fourth-order valence-electron chi connectivity index (χ4n) is 4.62. The minimum atomic E-state index is -0.159. The molecule has 2 aromatic heterocycles. The molecule has 6 nitrogen and oxygen atoms in total. The number of nitrogens with zero attached hydrogens (tertiary/aromatic N) is 4. The first kappa shape index (κ1) is 23.0. The number of aromatic nitrogens is 2. The van der Waals surface area contributed by atoms with E-state index in [-0.39, 0.29) is 17.5 Å². The first-order valence-electron chi connectivity index (χ1n) is 11.2. The minimum Gasteiger partial charge on any atom is -0.355 e. The van der Waals surface area contributed by atoms with Crippen molar-refractivity contribution in [1.82, 2.24) is 14.3 Å². The average Bonchev–Trinajstić information content (AvgIpc) is 3.02. The number of hydrogen-bond donors (Lipinski definition) is 0. The van der Waals surface area contributed by atoms with Crippen LogP contribution >= 0.6 is 24.0 Å². The summed E-state index contributed by atoms with van der Waals surface area (Å²) in [6, 6.07) is 3.86. The van der Waals surface area contributed by atoms with Crippen LogP contribution in [0.25, 0.3) is 11.7 Å². The van der Waals surface area contributed by atoms with E-state index in [0.29, 0.717) is 38.1 Å². The van der Waals surface area contributed by atoms with Crippen LogP contribution in [0, 0.1) is 18.8 Å². The third kappa shape index (κ3) is 4.22. The van der Waals surface area contributed by atoms with Crippen LogP contribution in [0.3, 0.4) is 0 Å². The molecule has 0 unspecified atom stereocenters. The number of carbonyl (C=O) groups excluding carboxylic acids is 1. The second kappa shape index (κ2) is 8.98. The van der Waals surface area contributed by atoms with Gasteiger partial charge in [-0.05, 0) is 56.2 Å². The van der Waals surface area contributed by atoms with Crippen molar-refractivity contribution >= 4 is 51.7 Å². The molecule has 2 aliphatic rings. The molecule has 0 aromatic carbocycles. The Balaban J connectivity index is 1.88. The molecule has 0 spiro atoms. The van der Waals surface area contributed by atoms with Crippen molar-refractivity contribution in [3.63, 3.8) is 0 Å². The molecule has 2 saturated heterocycles.